The summed E-state index contributed by atoms with van der Waals surface area (Å²) in [5, 5.41) is 12.6. The first kappa shape index (κ1) is 35.2. The standard InChI is InChI=1S/C40H56ClN3O4S/c1-26-7-5-9-34(38(45)28-16-19-43(3)20-17-28)33-13-10-31(33)23-44-24-40(18-6-8-29-21-32(41)12-14-35(29)40)25-48-37-15-11-30(22-36(37)44)39(46)42-49(4,47)27(26)2/h11-12,14-15,21-22,26-28,31,33-34,38,45H,4-10,13,16-20,23-25H2,1-3H3,(H,42,46,47)/t26-,27+,31-,33+,34-,38+,40-,49?/m0/s1. The number of aliphatic hydroxyl groups is 1. The highest BCUT2D eigenvalue weighted by atomic mass is 35.5. The molecule has 2 fully saturated rings. The van der Waals surface area contributed by atoms with Crippen LogP contribution in [0.5, 0.6) is 5.75 Å². The summed E-state index contributed by atoms with van der Waals surface area (Å²) in [5.41, 5.74) is 3.82. The quantitative estimate of drug-likeness (QED) is 0.337. The van der Waals surface area contributed by atoms with Crippen LogP contribution in [-0.4, -0.2) is 77.2 Å². The van der Waals surface area contributed by atoms with Crippen molar-refractivity contribution >= 4 is 38.8 Å². The largest absolute Gasteiger partial charge is 0.490 e. The van der Waals surface area contributed by atoms with Gasteiger partial charge in [-0.2, -0.15) is 0 Å². The van der Waals surface area contributed by atoms with E-state index in [9.17, 15) is 14.1 Å². The number of hydrogen-bond donors (Lipinski definition) is 2. The maximum absolute atomic E-state index is 13.9. The van der Waals surface area contributed by atoms with Gasteiger partial charge in [-0.15, -0.1) is 0 Å². The summed E-state index contributed by atoms with van der Waals surface area (Å²) in [6, 6.07) is 12.0. The molecule has 1 spiro atoms. The van der Waals surface area contributed by atoms with E-state index < -0.39 is 9.71 Å². The Kier molecular flexibility index (Phi) is 10.1. The lowest BCUT2D eigenvalue weighted by Gasteiger charge is -2.49. The lowest BCUT2D eigenvalue weighted by atomic mass is 9.62. The van der Waals surface area contributed by atoms with E-state index in [1.165, 1.54) is 11.1 Å². The molecule has 1 amide bonds. The third kappa shape index (κ3) is 7.01. The van der Waals surface area contributed by atoms with Crippen LogP contribution < -0.4 is 14.4 Å². The monoisotopic (exact) mass is 709 g/mol. The van der Waals surface area contributed by atoms with Crippen LogP contribution in [0, 0.1) is 29.6 Å². The number of amides is 1. The Bertz CT molecular complexity index is 1640. The Morgan fingerprint density at radius 2 is 1.86 bits per heavy atom. The molecule has 0 radical (unpaired) electrons. The topological polar surface area (TPSA) is 82.1 Å². The number of aryl methyl sites for hydroxylation is 1. The van der Waals surface area contributed by atoms with Gasteiger partial charge in [0.05, 0.1) is 28.1 Å². The molecule has 2 N–H and O–H groups in total. The van der Waals surface area contributed by atoms with Gasteiger partial charge in [0, 0.05) is 34.3 Å². The number of halogens is 1. The van der Waals surface area contributed by atoms with Crippen LogP contribution in [0.3, 0.4) is 0 Å². The summed E-state index contributed by atoms with van der Waals surface area (Å²) in [6.07, 6.45) is 10.0. The van der Waals surface area contributed by atoms with Gasteiger partial charge in [-0.3, -0.25) is 9.52 Å². The highest BCUT2D eigenvalue weighted by Crippen LogP contribution is 2.49. The van der Waals surface area contributed by atoms with Gasteiger partial charge in [0.1, 0.15) is 5.75 Å². The number of nitrogens with zero attached hydrogens (tertiary/aromatic N) is 2. The van der Waals surface area contributed by atoms with Crippen LogP contribution in [0.4, 0.5) is 5.69 Å². The maximum atomic E-state index is 13.9. The molecular weight excluding hydrogens is 654 g/mol. The smallest absolute Gasteiger partial charge is 0.262 e. The molecule has 49 heavy (non-hydrogen) atoms. The highest BCUT2D eigenvalue weighted by Gasteiger charge is 2.46. The van der Waals surface area contributed by atoms with Gasteiger partial charge in [0.15, 0.2) is 0 Å². The molecular formula is C40H56ClN3O4S. The van der Waals surface area contributed by atoms with Gasteiger partial charge in [-0.25, -0.2) is 4.21 Å². The van der Waals surface area contributed by atoms with Gasteiger partial charge in [-0.05, 0) is 162 Å². The fraction of sp³-hybridized carbons (Fsp3) is 0.650. The van der Waals surface area contributed by atoms with Gasteiger partial charge in [-0.1, -0.05) is 31.0 Å². The Labute approximate surface area is 299 Å². The molecule has 2 aromatic carbocycles. The molecule has 2 bridgehead atoms. The number of hydrogen-bond acceptors (Lipinski definition) is 6. The minimum atomic E-state index is -2.91. The number of benzene rings is 2. The first-order valence-electron chi connectivity index (χ1n) is 18.8. The second-order valence-corrected chi connectivity index (χ2v) is 19.2. The molecule has 1 saturated heterocycles. The molecule has 268 valence electrons. The number of likely N-dealkylation sites (tertiary alicyclic amines) is 1. The number of ether oxygens (including phenoxy) is 1. The predicted octanol–water partition coefficient (Wildman–Crippen LogP) is 6.73. The maximum Gasteiger partial charge on any atom is 0.262 e. The fourth-order valence-corrected chi connectivity index (χ4v) is 11.6. The van der Waals surface area contributed by atoms with E-state index in [4.69, 9.17) is 16.3 Å². The molecule has 7 rings (SSSR count). The Morgan fingerprint density at radius 1 is 1.06 bits per heavy atom. The molecule has 0 aromatic heterocycles. The Morgan fingerprint density at radius 3 is 2.61 bits per heavy atom. The average Bonchev–Trinajstić information content (AvgIpc) is 3.21. The third-order valence-corrected chi connectivity index (χ3v) is 15.8. The second-order valence-electron chi connectivity index (χ2n) is 16.4. The van der Waals surface area contributed by atoms with Crippen LogP contribution >= 0.6 is 11.6 Å². The van der Waals surface area contributed by atoms with Crippen molar-refractivity contribution < 1.29 is 18.8 Å². The van der Waals surface area contributed by atoms with Crippen molar-refractivity contribution in [2.24, 2.45) is 29.6 Å². The number of rotatable bonds is 2. The molecule has 5 aliphatic rings. The van der Waals surface area contributed by atoms with Gasteiger partial charge in [0.2, 0.25) is 0 Å². The minimum Gasteiger partial charge on any atom is -0.490 e. The van der Waals surface area contributed by atoms with Crippen LogP contribution in [0.2, 0.25) is 5.02 Å². The molecule has 3 heterocycles. The number of nitrogens with one attached hydrogen (secondary N) is 1. The van der Waals surface area contributed by atoms with Crippen LogP contribution in [-0.2, 0) is 21.5 Å². The molecule has 1 unspecified atom stereocenters. The van der Waals surface area contributed by atoms with Gasteiger partial charge < -0.3 is 19.6 Å². The normalized spacial score (nSPS) is 35.2. The summed E-state index contributed by atoms with van der Waals surface area (Å²) in [4.78, 5) is 18.6. The van der Waals surface area contributed by atoms with Crippen molar-refractivity contribution in [2.75, 3.05) is 44.7 Å². The zero-order chi connectivity index (χ0) is 34.5. The first-order chi connectivity index (χ1) is 23.4. The van der Waals surface area contributed by atoms with Crippen molar-refractivity contribution in [1.29, 1.82) is 0 Å². The van der Waals surface area contributed by atoms with E-state index in [-0.39, 0.29) is 34.5 Å². The SMILES string of the molecule is C=S1(=O)NC(=O)c2ccc3c(c2)N(C[C@@H]2CC[C@H]2[C@@H]([C@H](O)C2CCN(C)CC2)CCC[C@H](C)[C@H]1C)C[C@@]1(CCCc2cc(Cl)ccc21)CO3. The Balaban J connectivity index is 1.27. The van der Waals surface area contributed by atoms with E-state index in [0.29, 0.717) is 29.9 Å². The van der Waals surface area contributed by atoms with E-state index >= 15 is 0 Å². The molecule has 7 nitrogen and oxygen atoms in total. The predicted molar refractivity (Wildman–Crippen MR) is 201 cm³/mol. The summed E-state index contributed by atoms with van der Waals surface area (Å²) in [6.45, 7) is 8.37. The number of piperidine rings is 1. The fourth-order valence-electron chi connectivity index (χ4n) is 9.88. The lowest BCUT2D eigenvalue weighted by molar-refractivity contribution is -0.0414. The molecule has 2 aliphatic carbocycles. The number of fused-ring (bicyclic) bond motifs is 4. The first-order valence-corrected chi connectivity index (χ1v) is 21.0. The Hall–Kier alpha value is -2.26. The number of carbonyl (C=O) groups excluding carboxylic acids is 1. The summed E-state index contributed by atoms with van der Waals surface area (Å²) in [7, 11) is -0.723. The van der Waals surface area contributed by atoms with Crippen molar-refractivity contribution in [3.8, 4) is 5.75 Å². The average molecular weight is 710 g/mol. The third-order valence-electron chi connectivity index (χ3n) is 13.3. The van der Waals surface area contributed by atoms with Crippen molar-refractivity contribution in [1.82, 2.24) is 9.62 Å². The van der Waals surface area contributed by atoms with Crippen LogP contribution in [0.1, 0.15) is 93.1 Å². The van der Waals surface area contributed by atoms with Crippen LogP contribution in [0.15, 0.2) is 36.4 Å². The van der Waals surface area contributed by atoms with Crippen molar-refractivity contribution in [2.45, 2.75) is 94.8 Å². The van der Waals surface area contributed by atoms with Crippen molar-refractivity contribution in [3.05, 3.63) is 58.1 Å². The highest BCUT2D eigenvalue weighted by molar-refractivity contribution is 7.99. The van der Waals surface area contributed by atoms with Gasteiger partial charge >= 0.3 is 0 Å². The van der Waals surface area contributed by atoms with E-state index in [0.717, 1.165) is 107 Å². The molecule has 8 atom stereocenters. The number of anilines is 1. The summed E-state index contributed by atoms with van der Waals surface area (Å²) < 4.78 is 23.5. The molecule has 9 heteroatoms. The summed E-state index contributed by atoms with van der Waals surface area (Å²) >= 11 is 6.49. The minimum absolute atomic E-state index is 0.122. The van der Waals surface area contributed by atoms with Crippen LogP contribution in [0.25, 0.3) is 0 Å². The molecule has 1 saturated carbocycles. The number of aliphatic hydroxyl groups excluding tert-OH is 1. The van der Waals surface area contributed by atoms with Gasteiger partial charge in [0.25, 0.3) is 5.91 Å². The summed E-state index contributed by atoms with van der Waals surface area (Å²) in [5.74, 6) is 6.08. The van der Waals surface area contributed by atoms with Crippen molar-refractivity contribution in [3.63, 3.8) is 0 Å². The zero-order valence-electron chi connectivity index (χ0n) is 29.7. The second kappa shape index (κ2) is 14.0. The lowest BCUT2D eigenvalue weighted by Crippen LogP contribution is -2.50. The van der Waals surface area contributed by atoms with E-state index in [1.54, 1.807) is 6.07 Å². The zero-order valence-corrected chi connectivity index (χ0v) is 31.2. The molecule has 3 aliphatic heterocycles. The van der Waals surface area contributed by atoms with E-state index in [1.807, 2.05) is 25.1 Å². The van der Waals surface area contributed by atoms with E-state index in [2.05, 4.69) is 46.5 Å². The number of carbonyl (C=O) groups is 1. The molecule has 2 aromatic rings.